The molecule has 0 aliphatic carbocycles. The number of rotatable bonds is 1. The number of benzene rings is 1. The maximum absolute atomic E-state index is 6.15. The number of nitrogens with two attached hydrogens (primary N) is 1. The van der Waals surface area contributed by atoms with E-state index in [1.54, 1.807) is 4.68 Å². The molecule has 0 unspecified atom stereocenters. The monoisotopic (exact) mass is 249 g/mol. The van der Waals surface area contributed by atoms with Crippen molar-refractivity contribution in [3.63, 3.8) is 0 Å². The third-order valence-electron chi connectivity index (χ3n) is 2.92. The molecule has 0 spiro atoms. The maximum Gasteiger partial charge on any atom is 0.133 e. The van der Waals surface area contributed by atoms with E-state index in [0.29, 0.717) is 24.1 Å². The first-order valence-corrected chi connectivity index (χ1v) is 5.84. The highest BCUT2D eigenvalue weighted by Gasteiger charge is 2.20. The van der Waals surface area contributed by atoms with Crippen LogP contribution in [0.3, 0.4) is 0 Å². The first kappa shape index (κ1) is 10.6. The van der Waals surface area contributed by atoms with Crippen molar-refractivity contribution in [1.29, 1.82) is 0 Å². The summed E-state index contributed by atoms with van der Waals surface area (Å²) in [6, 6.07) is 7.53. The van der Waals surface area contributed by atoms with Crippen molar-refractivity contribution in [2.75, 3.05) is 12.3 Å². The fourth-order valence-corrected chi connectivity index (χ4v) is 2.23. The topological polar surface area (TPSA) is 53.1 Å². The van der Waals surface area contributed by atoms with E-state index in [1.165, 1.54) is 0 Å². The van der Waals surface area contributed by atoms with Gasteiger partial charge in [-0.25, -0.2) is 4.68 Å². The Bertz CT molecular complexity index is 565. The molecular formula is C12H12ClN3O. The zero-order valence-electron chi connectivity index (χ0n) is 9.19. The fourth-order valence-electron chi connectivity index (χ4n) is 2.02. The molecule has 0 fully saturated rings. The number of ether oxygens (including phenoxy) is 1. The molecule has 1 aliphatic heterocycles. The highest BCUT2D eigenvalue weighted by molar-refractivity contribution is 6.32. The summed E-state index contributed by atoms with van der Waals surface area (Å²) < 4.78 is 7.09. The van der Waals surface area contributed by atoms with Gasteiger partial charge in [0, 0.05) is 12.0 Å². The van der Waals surface area contributed by atoms with E-state index in [0.717, 1.165) is 23.4 Å². The van der Waals surface area contributed by atoms with E-state index in [1.807, 2.05) is 24.3 Å². The van der Waals surface area contributed by atoms with E-state index >= 15 is 0 Å². The second-order valence-corrected chi connectivity index (χ2v) is 4.38. The number of aromatic nitrogens is 2. The molecule has 1 aromatic heterocycles. The highest BCUT2D eigenvalue weighted by Crippen LogP contribution is 2.28. The molecule has 0 saturated carbocycles. The van der Waals surface area contributed by atoms with Gasteiger partial charge in [-0.2, -0.15) is 5.10 Å². The van der Waals surface area contributed by atoms with Crippen LogP contribution in [-0.2, 0) is 17.8 Å². The molecule has 2 aromatic rings. The Balaban J connectivity index is 2.16. The molecule has 0 bridgehead atoms. The van der Waals surface area contributed by atoms with Crippen molar-refractivity contribution in [2.24, 2.45) is 0 Å². The smallest absolute Gasteiger partial charge is 0.133 e. The summed E-state index contributed by atoms with van der Waals surface area (Å²) in [5.41, 5.74) is 8.88. The van der Waals surface area contributed by atoms with Crippen molar-refractivity contribution in [2.45, 2.75) is 13.0 Å². The van der Waals surface area contributed by atoms with Crippen molar-refractivity contribution >= 4 is 17.4 Å². The van der Waals surface area contributed by atoms with Crippen LogP contribution in [0.25, 0.3) is 5.69 Å². The summed E-state index contributed by atoms with van der Waals surface area (Å²) in [6.07, 6.45) is 0.803. The molecule has 5 heteroatoms. The zero-order valence-corrected chi connectivity index (χ0v) is 9.94. The number of hydrogen-bond acceptors (Lipinski definition) is 3. The standard InChI is InChI=1S/C12H12ClN3O/c13-9-3-1-2-4-11(9)16-12(14)8-7-17-6-5-10(8)15-16/h1-4H,5-7,14H2. The summed E-state index contributed by atoms with van der Waals surface area (Å²) >= 11 is 6.15. The molecule has 0 amide bonds. The number of nitrogen functional groups attached to an aromatic ring is 1. The zero-order chi connectivity index (χ0) is 11.8. The molecule has 1 aliphatic rings. The molecule has 3 rings (SSSR count). The Hall–Kier alpha value is -1.52. The van der Waals surface area contributed by atoms with Crippen molar-refractivity contribution < 1.29 is 4.74 Å². The van der Waals surface area contributed by atoms with E-state index in [-0.39, 0.29) is 0 Å². The number of anilines is 1. The van der Waals surface area contributed by atoms with Crippen LogP contribution in [0.2, 0.25) is 5.02 Å². The number of halogens is 1. The number of hydrogen-bond donors (Lipinski definition) is 1. The third-order valence-corrected chi connectivity index (χ3v) is 3.24. The molecule has 1 aromatic carbocycles. The van der Waals surface area contributed by atoms with Gasteiger partial charge < -0.3 is 10.5 Å². The molecule has 0 radical (unpaired) electrons. The van der Waals surface area contributed by atoms with Crippen LogP contribution in [0, 0.1) is 0 Å². The van der Waals surface area contributed by atoms with E-state index in [4.69, 9.17) is 22.1 Å². The fraction of sp³-hybridized carbons (Fsp3) is 0.250. The lowest BCUT2D eigenvalue weighted by molar-refractivity contribution is 0.110. The Morgan fingerprint density at radius 1 is 1.35 bits per heavy atom. The van der Waals surface area contributed by atoms with Gasteiger partial charge in [0.2, 0.25) is 0 Å². The average Bonchev–Trinajstić information content (AvgIpc) is 2.68. The minimum absolute atomic E-state index is 0.533. The van der Waals surface area contributed by atoms with Crippen molar-refractivity contribution in [3.8, 4) is 5.69 Å². The summed E-state index contributed by atoms with van der Waals surface area (Å²) in [7, 11) is 0. The lowest BCUT2D eigenvalue weighted by atomic mass is 10.1. The average molecular weight is 250 g/mol. The van der Waals surface area contributed by atoms with Crippen LogP contribution in [0.4, 0.5) is 5.82 Å². The van der Waals surface area contributed by atoms with Crippen molar-refractivity contribution in [1.82, 2.24) is 9.78 Å². The third kappa shape index (κ3) is 1.69. The second-order valence-electron chi connectivity index (χ2n) is 3.98. The highest BCUT2D eigenvalue weighted by atomic mass is 35.5. The van der Waals surface area contributed by atoms with E-state index in [9.17, 15) is 0 Å². The Morgan fingerprint density at radius 3 is 2.94 bits per heavy atom. The van der Waals surface area contributed by atoms with Gasteiger partial charge in [0.05, 0.1) is 29.6 Å². The number of para-hydroxylation sites is 1. The van der Waals surface area contributed by atoms with Crippen LogP contribution in [0.15, 0.2) is 24.3 Å². The SMILES string of the molecule is Nc1c2c(nn1-c1ccccc1Cl)CCOC2. The normalized spacial score (nSPS) is 14.6. The van der Waals surface area contributed by atoms with Gasteiger partial charge in [0.15, 0.2) is 0 Å². The molecule has 0 saturated heterocycles. The Labute approximate surface area is 104 Å². The van der Waals surface area contributed by atoms with Gasteiger partial charge in [-0.3, -0.25) is 0 Å². The molecular weight excluding hydrogens is 238 g/mol. The summed E-state index contributed by atoms with van der Waals surface area (Å²) in [5, 5.41) is 5.15. The first-order chi connectivity index (χ1) is 8.27. The summed E-state index contributed by atoms with van der Waals surface area (Å²) in [5.74, 6) is 0.618. The van der Waals surface area contributed by atoms with Gasteiger partial charge in [-0.1, -0.05) is 23.7 Å². The van der Waals surface area contributed by atoms with Gasteiger partial charge in [-0.15, -0.1) is 0 Å². The molecule has 4 nitrogen and oxygen atoms in total. The molecule has 88 valence electrons. The van der Waals surface area contributed by atoms with Gasteiger partial charge in [0.25, 0.3) is 0 Å². The molecule has 2 N–H and O–H groups in total. The van der Waals surface area contributed by atoms with Gasteiger partial charge in [0.1, 0.15) is 5.82 Å². The minimum atomic E-state index is 0.533. The van der Waals surface area contributed by atoms with Crippen LogP contribution >= 0.6 is 11.6 Å². The lowest BCUT2D eigenvalue weighted by Crippen LogP contribution is -2.09. The predicted molar refractivity (Wildman–Crippen MR) is 66.3 cm³/mol. The van der Waals surface area contributed by atoms with Crippen molar-refractivity contribution in [3.05, 3.63) is 40.5 Å². The van der Waals surface area contributed by atoms with E-state index in [2.05, 4.69) is 5.10 Å². The molecule has 2 heterocycles. The van der Waals surface area contributed by atoms with Gasteiger partial charge in [-0.05, 0) is 12.1 Å². The van der Waals surface area contributed by atoms with Crippen LogP contribution in [0.5, 0.6) is 0 Å². The quantitative estimate of drug-likeness (QED) is 0.843. The number of nitrogens with zero attached hydrogens (tertiary/aromatic N) is 2. The van der Waals surface area contributed by atoms with E-state index < -0.39 is 0 Å². The minimum Gasteiger partial charge on any atom is -0.383 e. The Kier molecular flexibility index (Phi) is 2.53. The van der Waals surface area contributed by atoms with Crippen LogP contribution < -0.4 is 5.73 Å². The molecule has 17 heavy (non-hydrogen) atoms. The first-order valence-electron chi connectivity index (χ1n) is 5.46. The lowest BCUT2D eigenvalue weighted by Gasteiger charge is -2.10. The van der Waals surface area contributed by atoms with Crippen LogP contribution in [-0.4, -0.2) is 16.4 Å². The summed E-state index contributed by atoms with van der Waals surface area (Å²) in [6.45, 7) is 1.23. The summed E-state index contributed by atoms with van der Waals surface area (Å²) in [4.78, 5) is 0. The maximum atomic E-state index is 6.15. The Morgan fingerprint density at radius 2 is 2.18 bits per heavy atom. The van der Waals surface area contributed by atoms with Crippen LogP contribution in [0.1, 0.15) is 11.3 Å². The molecule has 0 atom stereocenters. The number of fused-ring (bicyclic) bond motifs is 1. The van der Waals surface area contributed by atoms with Gasteiger partial charge >= 0.3 is 0 Å². The predicted octanol–water partition coefficient (Wildman–Crippen LogP) is 2.18. The largest absolute Gasteiger partial charge is 0.383 e. The second kappa shape index (κ2) is 4.05.